The maximum Gasteiger partial charge on any atom is 0.246 e. The standard InChI is InChI=1S/C37H59N5O10S/c1-27-33(53-26-40-27)29-7-5-28(6-8-29)24-39-35(45)31-23-30(43)25-42(31)36(46)34(37(2,3)4)41-32(44)9-11-47-13-15-49-17-19-51-21-22-52-20-18-50-16-14-48-12-10-38/h5-8,26,30-31,34,43H,9-25,38H2,1-4H3,(H,39,45)(H,41,44)/t30-,31+,34+/m1/s1. The molecule has 16 heteroatoms. The number of ether oxygens (including phenoxy) is 6. The molecule has 0 spiro atoms. The van der Waals surface area contributed by atoms with Gasteiger partial charge >= 0.3 is 0 Å². The van der Waals surface area contributed by atoms with Crippen molar-refractivity contribution in [1.29, 1.82) is 0 Å². The van der Waals surface area contributed by atoms with Gasteiger partial charge in [0.05, 0.1) is 101 Å². The van der Waals surface area contributed by atoms with E-state index in [0.717, 1.165) is 21.7 Å². The van der Waals surface area contributed by atoms with Gasteiger partial charge in [-0.1, -0.05) is 45.0 Å². The third kappa shape index (κ3) is 16.5. The van der Waals surface area contributed by atoms with Crippen molar-refractivity contribution in [2.24, 2.45) is 11.1 Å². The summed E-state index contributed by atoms with van der Waals surface area (Å²) < 4.78 is 32.6. The Kier molecular flexibility index (Phi) is 20.4. The summed E-state index contributed by atoms with van der Waals surface area (Å²) in [5.74, 6) is -1.12. The first kappa shape index (κ1) is 44.3. The van der Waals surface area contributed by atoms with Crippen LogP contribution in [0.15, 0.2) is 29.8 Å². The topological polar surface area (TPSA) is 193 Å². The molecule has 0 bridgehead atoms. The van der Waals surface area contributed by atoms with E-state index in [1.54, 1.807) is 11.3 Å². The van der Waals surface area contributed by atoms with Crippen molar-refractivity contribution in [3.05, 3.63) is 41.0 Å². The average molecular weight is 766 g/mol. The number of aliphatic hydroxyl groups is 1. The van der Waals surface area contributed by atoms with E-state index < -0.39 is 29.5 Å². The molecule has 1 aromatic heterocycles. The number of aliphatic hydroxyl groups excluding tert-OH is 1. The lowest BCUT2D eigenvalue weighted by Gasteiger charge is -2.35. The van der Waals surface area contributed by atoms with Crippen LogP contribution >= 0.6 is 11.3 Å². The summed E-state index contributed by atoms with van der Waals surface area (Å²) in [4.78, 5) is 46.8. The fraction of sp³-hybridized carbons (Fsp3) is 0.676. The molecule has 3 amide bonds. The van der Waals surface area contributed by atoms with Gasteiger partial charge < -0.3 is 54.8 Å². The second-order valence-electron chi connectivity index (χ2n) is 13.7. The van der Waals surface area contributed by atoms with Gasteiger partial charge in [0, 0.05) is 32.5 Å². The molecule has 0 aliphatic carbocycles. The number of likely N-dealkylation sites (tertiary alicyclic amines) is 1. The summed E-state index contributed by atoms with van der Waals surface area (Å²) in [5.41, 5.74) is 9.43. The molecule has 0 saturated carbocycles. The molecular weight excluding hydrogens is 706 g/mol. The molecule has 0 radical (unpaired) electrons. The van der Waals surface area contributed by atoms with Crippen LogP contribution in [0.1, 0.15) is 44.9 Å². The Bertz CT molecular complexity index is 1360. The highest BCUT2D eigenvalue weighted by molar-refractivity contribution is 7.13. The summed E-state index contributed by atoms with van der Waals surface area (Å²) in [6.45, 7) is 13.3. The summed E-state index contributed by atoms with van der Waals surface area (Å²) in [5, 5.41) is 16.2. The molecule has 1 aliphatic heterocycles. The monoisotopic (exact) mass is 765 g/mol. The molecule has 5 N–H and O–H groups in total. The van der Waals surface area contributed by atoms with Crippen LogP contribution in [-0.2, 0) is 49.3 Å². The SMILES string of the molecule is Cc1ncsc1-c1ccc(CNC(=O)[C@@H]2C[C@@H](O)CN2C(=O)[C@H](NC(=O)CCOCCOCCOCCOCCOCCOCCN)C(C)(C)C)cc1. The number of β-amino-alcohol motifs (C(OH)–C–C–N with tert-alkyl or cyclic N) is 1. The van der Waals surface area contributed by atoms with Crippen LogP contribution in [-0.4, -0.2) is 143 Å². The second-order valence-corrected chi connectivity index (χ2v) is 14.5. The van der Waals surface area contributed by atoms with E-state index in [-0.39, 0.29) is 44.4 Å². The van der Waals surface area contributed by atoms with Gasteiger partial charge in [0.25, 0.3) is 0 Å². The third-order valence-corrected chi connectivity index (χ3v) is 9.28. The quantitative estimate of drug-likeness (QED) is 0.102. The largest absolute Gasteiger partial charge is 0.391 e. The number of benzene rings is 1. The molecule has 1 aromatic carbocycles. The molecule has 1 saturated heterocycles. The van der Waals surface area contributed by atoms with Crippen molar-refractivity contribution in [2.45, 2.75) is 65.3 Å². The van der Waals surface area contributed by atoms with Gasteiger partial charge in [-0.25, -0.2) is 4.98 Å². The van der Waals surface area contributed by atoms with Gasteiger partial charge in [0.15, 0.2) is 0 Å². The van der Waals surface area contributed by atoms with Gasteiger partial charge in [-0.2, -0.15) is 0 Å². The number of thiazole rings is 1. The number of aromatic nitrogens is 1. The lowest BCUT2D eigenvalue weighted by molar-refractivity contribution is -0.144. The molecule has 0 unspecified atom stereocenters. The number of amides is 3. The molecule has 3 rings (SSSR count). The predicted molar refractivity (Wildman–Crippen MR) is 200 cm³/mol. The molecule has 298 valence electrons. The number of carbonyl (C=O) groups is 3. The Morgan fingerprint density at radius 2 is 1.42 bits per heavy atom. The molecule has 2 aromatic rings. The first-order chi connectivity index (χ1) is 25.5. The Balaban J connectivity index is 1.30. The van der Waals surface area contributed by atoms with Crippen molar-refractivity contribution in [3.8, 4) is 10.4 Å². The Morgan fingerprint density at radius 3 is 1.91 bits per heavy atom. The van der Waals surface area contributed by atoms with Crippen molar-refractivity contribution < 1.29 is 47.9 Å². The zero-order valence-corrected chi connectivity index (χ0v) is 32.5. The first-order valence-corrected chi connectivity index (χ1v) is 19.1. The van der Waals surface area contributed by atoms with Crippen LogP contribution < -0.4 is 16.4 Å². The van der Waals surface area contributed by atoms with E-state index in [1.807, 2.05) is 57.5 Å². The molecule has 53 heavy (non-hydrogen) atoms. The van der Waals surface area contributed by atoms with Gasteiger partial charge in [-0.15, -0.1) is 11.3 Å². The number of nitrogens with one attached hydrogen (secondary N) is 2. The van der Waals surface area contributed by atoms with Gasteiger partial charge in [-0.3, -0.25) is 14.4 Å². The minimum atomic E-state index is -0.910. The van der Waals surface area contributed by atoms with Crippen molar-refractivity contribution in [2.75, 3.05) is 92.4 Å². The summed E-state index contributed by atoms with van der Waals surface area (Å²) in [6.07, 6.45) is -0.687. The van der Waals surface area contributed by atoms with E-state index in [0.29, 0.717) is 79.2 Å². The molecule has 3 atom stereocenters. The van der Waals surface area contributed by atoms with E-state index in [1.165, 1.54) is 4.90 Å². The highest BCUT2D eigenvalue weighted by atomic mass is 32.1. The predicted octanol–water partition coefficient (Wildman–Crippen LogP) is 1.68. The fourth-order valence-corrected chi connectivity index (χ4v) is 6.27. The number of hydrogen-bond acceptors (Lipinski definition) is 13. The first-order valence-electron chi connectivity index (χ1n) is 18.2. The molecule has 1 aliphatic rings. The molecular formula is C37H59N5O10S. The summed E-state index contributed by atoms with van der Waals surface area (Å²) >= 11 is 1.58. The second kappa shape index (κ2) is 24.4. The zero-order valence-electron chi connectivity index (χ0n) is 31.6. The van der Waals surface area contributed by atoms with Crippen molar-refractivity contribution >= 4 is 29.1 Å². The van der Waals surface area contributed by atoms with Crippen molar-refractivity contribution in [1.82, 2.24) is 20.5 Å². The van der Waals surface area contributed by atoms with Gasteiger partial charge in [0.1, 0.15) is 12.1 Å². The highest BCUT2D eigenvalue weighted by Crippen LogP contribution is 2.28. The molecule has 15 nitrogen and oxygen atoms in total. The van der Waals surface area contributed by atoms with Crippen LogP contribution in [0.2, 0.25) is 0 Å². The normalized spacial score (nSPS) is 16.5. The van der Waals surface area contributed by atoms with Crippen LogP contribution in [0.5, 0.6) is 0 Å². The average Bonchev–Trinajstić information content (AvgIpc) is 3.75. The Labute approximate surface area is 317 Å². The van der Waals surface area contributed by atoms with Crippen LogP contribution in [0.4, 0.5) is 0 Å². The van der Waals surface area contributed by atoms with Crippen LogP contribution in [0.25, 0.3) is 10.4 Å². The number of hydrogen-bond donors (Lipinski definition) is 4. The zero-order chi connectivity index (χ0) is 38.5. The van der Waals surface area contributed by atoms with Gasteiger partial charge in [0.2, 0.25) is 17.7 Å². The van der Waals surface area contributed by atoms with Crippen LogP contribution in [0.3, 0.4) is 0 Å². The lowest BCUT2D eigenvalue weighted by Crippen LogP contribution is -2.57. The minimum absolute atomic E-state index is 0.00662. The number of nitrogens with zero attached hydrogens (tertiary/aromatic N) is 2. The van der Waals surface area contributed by atoms with E-state index in [4.69, 9.17) is 34.2 Å². The van der Waals surface area contributed by atoms with Gasteiger partial charge in [-0.05, 0) is 23.5 Å². The number of nitrogens with two attached hydrogens (primary N) is 1. The van der Waals surface area contributed by atoms with Crippen LogP contribution in [0, 0.1) is 12.3 Å². The summed E-state index contributed by atoms with van der Waals surface area (Å²) in [6, 6.07) is 6.11. The molecule has 2 heterocycles. The minimum Gasteiger partial charge on any atom is -0.391 e. The van der Waals surface area contributed by atoms with E-state index >= 15 is 0 Å². The number of carbonyl (C=O) groups excluding carboxylic acids is 3. The Hall–Kier alpha value is -3.06. The summed E-state index contributed by atoms with van der Waals surface area (Å²) in [7, 11) is 0. The maximum absolute atomic E-state index is 13.8. The highest BCUT2D eigenvalue weighted by Gasteiger charge is 2.44. The van der Waals surface area contributed by atoms with E-state index in [2.05, 4.69) is 15.6 Å². The smallest absolute Gasteiger partial charge is 0.246 e. The Morgan fingerprint density at radius 1 is 0.887 bits per heavy atom. The lowest BCUT2D eigenvalue weighted by atomic mass is 9.85. The molecule has 1 fully saturated rings. The number of aryl methyl sites for hydroxylation is 1. The third-order valence-electron chi connectivity index (χ3n) is 8.31. The fourth-order valence-electron chi connectivity index (χ4n) is 5.46. The number of rotatable bonds is 26. The van der Waals surface area contributed by atoms with E-state index in [9.17, 15) is 19.5 Å². The van der Waals surface area contributed by atoms with Crippen molar-refractivity contribution in [3.63, 3.8) is 0 Å². The maximum atomic E-state index is 13.8.